The van der Waals surface area contributed by atoms with Gasteiger partial charge in [-0.25, -0.2) is 0 Å². The Kier molecular flexibility index (Phi) is 4.75. The van der Waals surface area contributed by atoms with Crippen LogP contribution in [0.1, 0.15) is 31.9 Å². The summed E-state index contributed by atoms with van der Waals surface area (Å²) >= 11 is 5.34. The summed E-state index contributed by atoms with van der Waals surface area (Å²) in [7, 11) is 0. The number of hydrogen-bond acceptors (Lipinski definition) is 1. The van der Waals surface area contributed by atoms with Gasteiger partial charge in [-0.05, 0) is 40.8 Å². The van der Waals surface area contributed by atoms with Crippen LogP contribution in [0.15, 0.2) is 57.9 Å². The van der Waals surface area contributed by atoms with Crippen LogP contribution in [0.5, 0.6) is 0 Å². The summed E-state index contributed by atoms with van der Waals surface area (Å²) in [5, 5.41) is 0. The highest BCUT2D eigenvalue weighted by Gasteiger charge is 2.12. The molecule has 2 aromatic rings. The SMILES string of the molecule is CC(C)(C)c1ccc(SCc2ccc(Br)cc2)cc1. The number of rotatable bonds is 3. The zero-order chi connectivity index (χ0) is 13.9. The summed E-state index contributed by atoms with van der Waals surface area (Å²) < 4.78 is 1.13. The average molecular weight is 335 g/mol. The summed E-state index contributed by atoms with van der Waals surface area (Å²) in [4.78, 5) is 1.33. The van der Waals surface area contributed by atoms with Crippen molar-refractivity contribution in [1.29, 1.82) is 0 Å². The van der Waals surface area contributed by atoms with Gasteiger partial charge in [0.15, 0.2) is 0 Å². The smallest absolute Gasteiger partial charge is 0.0232 e. The maximum Gasteiger partial charge on any atom is 0.0232 e. The van der Waals surface area contributed by atoms with E-state index in [1.54, 1.807) is 0 Å². The molecule has 0 amide bonds. The third kappa shape index (κ3) is 4.39. The second-order valence-corrected chi connectivity index (χ2v) is 7.65. The van der Waals surface area contributed by atoms with Crippen molar-refractivity contribution in [2.45, 2.75) is 36.8 Å². The molecule has 0 aliphatic rings. The van der Waals surface area contributed by atoms with E-state index in [0.29, 0.717) is 0 Å². The van der Waals surface area contributed by atoms with E-state index < -0.39 is 0 Å². The third-order valence-corrected chi connectivity index (χ3v) is 4.65. The Morgan fingerprint density at radius 3 is 2.00 bits per heavy atom. The lowest BCUT2D eigenvalue weighted by Gasteiger charge is -2.19. The van der Waals surface area contributed by atoms with Gasteiger partial charge in [0.05, 0.1) is 0 Å². The van der Waals surface area contributed by atoms with E-state index >= 15 is 0 Å². The predicted octanol–water partition coefficient (Wildman–Crippen LogP) is 6.04. The molecule has 0 aliphatic carbocycles. The van der Waals surface area contributed by atoms with E-state index in [4.69, 9.17) is 0 Å². The molecule has 0 unspecified atom stereocenters. The van der Waals surface area contributed by atoms with E-state index in [1.165, 1.54) is 16.0 Å². The first-order valence-corrected chi connectivity index (χ1v) is 8.21. The van der Waals surface area contributed by atoms with Crippen molar-refractivity contribution in [3.63, 3.8) is 0 Å². The number of benzene rings is 2. The highest BCUT2D eigenvalue weighted by Crippen LogP contribution is 2.27. The van der Waals surface area contributed by atoms with Crippen LogP contribution in [-0.2, 0) is 11.2 Å². The molecule has 0 heterocycles. The number of halogens is 1. The molecule has 0 N–H and O–H groups in total. The van der Waals surface area contributed by atoms with E-state index in [9.17, 15) is 0 Å². The number of thioether (sulfide) groups is 1. The van der Waals surface area contributed by atoms with Gasteiger partial charge >= 0.3 is 0 Å². The van der Waals surface area contributed by atoms with Gasteiger partial charge < -0.3 is 0 Å². The Balaban J connectivity index is 1.98. The quantitative estimate of drug-likeness (QED) is 0.616. The predicted molar refractivity (Wildman–Crippen MR) is 88.8 cm³/mol. The molecule has 0 spiro atoms. The molecule has 2 heteroatoms. The standard InChI is InChI=1S/C17H19BrS/c1-17(2,3)14-6-10-16(11-7-14)19-12-13-4-8-15(18)9-5-13/h4-11H,12H2,1-3H3. The minimum atomic E-state index is 0.231. The topological polar surface area (TPSA) is 0 Å². The lowest BCUT2D eigenvalue weighted by atomic mass is 9.87. The van der Waals surface area contributed by atoms with E-state index in [0.717, 1.165) is 10.2 Å². The second-order valence-electron chi connectivity index (χ2n) is 5.69. The Morgan fingerprint density at radius 1 is 0.895 bits per heavy atom. The maximum absolute atomic E-state index is 3.46. The van der Waals surface area contributed by atoms with Crippen LogP contribution in [0.25, 0.3) is 0 Å². The first-order valence-electron chi connectivity index (χ1n) is 6.43. The van der Waals surface area contributed by atoms with Crippen LogP contribution >= 0.6 is 27.7 Å². The van der Waals surface area contributed by atoms with E-state index in [1.807, 2.05) is 11.8 Å². The van der Waals surface area contributed by atoms with Crippen molar-refractivity contribution in [2.24, 2.45) is 0 Å². The second kappa shape index (κ2) is 6.15. The lowest BCUT2D eigenvalue weighted by molar-refractivity contribution is 0.590. The summed E-state index contributed by atoms with van der Waals surface area (Å²) in [5.41, 5.74) is 2.98. The maximum atomic E-state index is 3.46. The summed E-state index contributed by atoms with van der Waals surface area (Å²) in [6, 6.07) is 17.5. The van der Waals surface area contributed by atoms with Gasteiger partial charge in [0.1, 0.15) is 0 Å². The molecule has 2 rings (SSSR count). The summed E-state index contributed by atoms with van der Waals surface area (Å²) in [5.74, 6) is 1.02. The van der Waals surface area contributed by atoms with Gasteiger partial charge in [0.25, 0.3) is 0 Å². The molecule has 0 aliphatic heterocycles. The van der Waals surface area contributed by atoms with Crippen LogP contribution in [0.3, 0.4) is 0 Å². The van der Waals surface area contributed by atoms with Crippen LogP contribution in [-0.4, -0.2) is 0 Å². The Bertz CT molecular complexity index is 521. The van der Waals surface area contributed by atoms with Gasteiger partial charge in [-0.2, -0.15) is 0 Å². The normalized spacial score (nSPS) is 11.6. The molecular weight excluding hydrogens is 316 g/mol. The molecule has 2 aromatic carbocycles. The van der Waals surface area contributed by atoms with Gasteiger partial charge in [0, 0.05) is 15.1 Å². The Morgan fingerprint density at radius 2 is 1.47 bits per heavy atom. The van der Waals surface area contributed by atoms with E-state index in [-0.39, 0.29) is 5.41 Å². The molecule has 0 bridgehead atoms. The molecule has 0 aromatic heterocycles. The molecule has 0 saturated heterocycles. The van der Waals surface area contributed by atoms with Gasteiger partial charge in [-0.1, -0.05) is 61.0 Å². The largest absolute Gasteiger partial charge is 0.121 e. The zero-order valence-corrected chi connectivity index (χ0v) is 14.0. The Labute approximate surface area is 128 Å². The summed E-state index contributed by atoms with van der Waals surface area (Å²) in [6.45, 7) is 6.74. The first kappa shape index (κ1) is 14.7. The van der Waals surface area contributed by atoms with E-state index in [2.05, 4.69) is 85.2 Å². The van der Waals surface area contributed by atoms with Crippen molar-refractivity contribution < 1.29 is 0 Å². The van der Waals surface area contributed by atoms with Crippen LogP contribution < -0.4 is 0 Å². The zero-order valence-electron chi connectivity index (χ0n) is 11.6. The third-order valence-electron chi connectivity index (χ3n) is 3.04. The molecule has 0 fully saturated rings. The highest BCUT2D eigenvalue weighted by molar-refractivity contribution is 9.10. The van der Waals surface area contributed by atoms with Crippen molar-refractivity contribution >= 4 is 27.7 Å². The fraction of sp³-hybridized carbons (Fsp3) is 0.294. The molecule has 19 heavy (non-hydrogen) atoms. The lowest BCUT2D eigenvalue weighted by Crippen LogP contribution is -2.10. The summed E-state index contributed by atoms with van der Waals surface area (Å²) in [6.07, 6.45) is 0. The number of hydrogen-bond donors (Lipinski definition) is 0. The fourth-order valence-corrected chi connectivity index (χ4v) is 2.92. The fourth-order valence-electron chi connectivity index (χ4n) is 1.80. The molecule has 0 atom stereocenters. The molecule has 0 radical (unpaired) electrons. The van der Waals surface area contributed by atoms with Crippen molar-refractivity contribution in [3.8, 4) is 0 Å². The molecule has 0 saturated carbocycles. The monoisotopic (exact) mass is 334 g/mol. The van der Waals surface area contributed by atoms with Crippen LogP contribution in [0.2, 0.25) is 0 Å². The van der Waals surface area contributed by atoms with Crippen LogP contribution in [0.4, 0.5) is 0 Å². The van der Waals surface area contributed by atoms with Crippen LogP contribution in [0, 0.1) is 0 Å². The Hall–Kier alpha value is -0.730. The van der Waals surface area contributed by atoms with Crippen molar-refractivity contribution in [1.82, 2.24) is 0 Å². The van der Waals surface area contributed by atoms with Crippen molar-refractivity contribution in [3.05, 3.63) is 64.1 Å². The minimum Gasteiger partial charge on any atom is -0.121 e. The minimum absolute atomic E-state index is 0.231. The molecule has 0 nitrogen and oxygen atoms in total. The van der Waals surface area contributed by atoms with Gasteiger partial charge in [-0.15, -0.1) is 11.8 Å². The van der Waals surface area contributed by atoms with Gasteiger partial charge in [-0.3, -0.25) is 0 Å². The molecule has 100 valence electrons. The first-order chi connectivity index (χ1) is 8.95. The van der Waals surface area contributed by atoms with Crippen molar-refractivity contribution in [2.75, 3.05) is 0 Å². The molecular formula is C17H19BrS. The highest BCUT2D eigenvalue weighted by atomic mass is 79.9. The van der Waals surface area contributed by atoms with Gasteiger partial charge in [0.2, 0.25) is 0 Å². The average Bonchev–Trinajstić information content (AvgIpc) is 2.37.